The molecule has 0 spiro atoms. The molecule has 4 fully saturated rings. The average molecular weight is 580 g/mol. The molecule has 5 aliphatic rings. The number of hydrogen-bond donors (Lipinski definition) is 1. The summed E-state index contributed by atoms with van der Waals surface area (Å²) in [5.41, 5.74) is -6.60. The number of aliphatic hydroxyl groups is 1. The van der Waals surface area contributed by atoms with Crippen molar-refractivity contribution in [1.29, 1.82) is 0 Å². The van der Waals surface area contributed by atoms with Gasteiger partial charge in [-0.3, -0.25) is 14.4 Å². The lowest BCUT2D eigenvalue weighted by atomic mass is 9.44. The van der Waals surface area contributed by atoms with Gasteiger partial charge in [0.2, 0.25) is 5.12 Å². The van der Waals surface area contributed by atoms with Crippen molar-refractivity contribution in [2.75, 3.05) is 14.1 Å². The number of hydrogen-bond acceptors (Lipinski definition) is 8. The quantitative estimate of drug-likeness (QED) is 0.540. The Morgan fingerprint density at radius 3 is 2.64 bits per heavy atom. The lowest BCUT2D eigenvalue weighted by Gasteiger charge is -2.63. The molecule has 1 aromatic rings. The summed E-state index contributed by atoms with van der Waals surface area (Å²) in [4.78, 5) is 40.9. The summed E-state index contributed by atoms with van der Waals surface area (Å²) in [7, 11) is 3.08. The number of carbonyl (C=O) groups is 3. The molecule has 1 aromatic heterocycles. The molecule has 6 rings (SSSR count). The summed E-state index contributed by atoms with van der Waals surface area (Å²) in [5.74, 6) is -1.99. The van der Waals surface area contributed by atoms with Crippen molar-refractivity contribution in [2.45, 2.75) is 69.0 Å². The van der Waals surface area contributed by atoms with E-state index in [0.717, 1.165) is 11.0 Å². The Hall–Kier alpha value is -1.92. The number of halogens is 2. The van der Waals surface area contributed by atoms with Gasteiger partial charge in [0, 0.05) is 42.6 Å². The number of thiophene rings is 1. The number of fused-ring (bicyclic) bond motifs is 7. The van der Waals surface area contributed by atoms with Crippen molar-refractivity contribution in [1.82, 2.24) is 4.90 Å². The maximum absolute atomic E-state index is 17.5. The minimum Gasteiger partial charge on any atom is -0.390 e. The molecule has 7 nitrogen and oxygen atoms in total. The van der Waals surface area contributed by atoms with Crippen LogP contribution in [-0.2, 0) is 19.1 Å². The van der Waals surface area contributed by atoms with Gasteiger partial charge in [0.25, 0.3) is 5.24 Å². The fourth-order valence-electron chi connectivity index (χ4n) is 8.10. The molecule has 10 atom stereocenters. The lowest BCUT2D eigenvalue weighted by molar-refractivity contribution is -0.232. The zero-order valence-corrected chi connectivity index (χ0v) is 23.7. The van der Waals surface area contributed by atoms with Crippen molar-refractivity contribution < 1.29 is 37.7 Å². The third-order valence-corrected chi connectivity index (χ3v) is 11.9. The number of nitrogens with zero attached hydrogens (tertiary/aromatic N) is 1. The highest BCUT2D eigenvalue weighted by molar-refractivity contribution is 8.26. The van der Waals surface area contributed by atoms with E-state index in [1.54, 1.807) is 6.92 Å². The van der Waals surface area contributed by atoms with E-state index in [-0.39, 0.29) is 24.8 Å². The highest BCUT2D eigenvalue weighted by Crippen LogP contribution is 2.73. The van der Waals surface area contributed by atoms with Crippen molar-refractivity contribution in [3.8, 4) is 0 Å². The van der Waals surface area contributed by atoms with E-state index in [2.05, 4.69) is 0 Å². The number of amides is 1. The van der Waals surface area contributed by atoms with Crippen LogP contribution < -0.4 is 0 Å². The Morgan fingerprint density at radius 1 is 1.23 bits per heavy atom. The Morgan fingerprint density at radius 2 is 1.97 bits per heavy atom. The maximum Gasteiger partial charge on any atom is 0.288 e. The first-order valence-corrected chi connectivity index (χ1v) is 14.8. The molecule has 39 heavy (non-hydrogen) atoms. The standard InChI is InChI=1S/C28H31F2NO6S2/c1-25-8-7-14(32)10-17(25)18(29)11-16-15-12-21-28(23(34)39-24(35)31(3)4,26(15,2)13-20(33)27(16,25)30)37-22(36-21)19-6-5-9-38-19/h5-10,15-16,18,20-22,33H,11-13H2,1-4H3/t15?,16-,18-,20-,21+,22?,25-,26-,27-,28-/m0/s1. The summed E-state index contributed by atoms with van der Waals surface area (Å²) in [5, 5.41) is 12.5. The van der Waals surface area contributed by atoms with Gasteiger partial charge < -0.3 is 19.5 Å². The molecule has 1 amide bonds. The van der Waals surface area contributed by atoms with Crippen LogP contribution in [0.1, 0.15) is 44.3 Å². The second kappa shape index (κ2) is 8.79. The minimum atomic E-state index is -2.29. The number of carbonyl (C=O) groups excluding carboxylic acids is 3. The minimum absolute atomic E-state index is 0.0396. The topological polar surface area (TPSA) is 93.1 Å². The molecule has 0 bridgehead atoms. The Bertz CT molecular complexity index is 1300. The van der Waals surface area contributed by atoms with Crippen LogP contribution in [0.25, 0.3) is 0 Å². The lowest BCUT2D eigenvalue weighted by Crippen LogP contribution is -2.70. The van der Waals surface area contributed by atoms with Crippen molar-refractivity contribution in [3.05, 3.63) is 46.2 Å². The van der Waals surface area contributed by atoms with Gasteiger partial charge in [0.05, 0.1) is 17.1 Å². The molecule has 2 unspecified atom stereocenters. The van der Waals surface area contributed by atoms with E-state index in [4.69, 9.17) is 9.47 Å². The normalized spacial score (nSPS) is 46.1. The summed E-state index contributed by atoms with van der Waals surface area (Å²) in [6, 6.07) is 3.67. The zero-order chi connectivity index (χ0) is 28.1. The molecule has 1 aliphatic heterocycles. The van der Waals surface area contributed by atoms with Crippen LogP contribution in [0.2, 0.25) is 0 Å². The van der Waals surface area contributed by atoms with Crippen LogP contribution in [0.3, 0.4) is 0 Å². The Balaban J connectivity index is 1.46. The molecule has 0 radical (unpaired) electrons. The summed E-state index contributed by atoms with van der Waals surface area (Å²) < 4.78 is 46.1. The summed E-state index contributed by atoms with van der Waals surface area (Å²) in [6.45, 7) is 3.31. The fourth-order valence-corrected chi connectivity index (χ4v) is 9.69. The highest BCUT2D eigenvalue weighted by atomic mass is 32.2. The number of thioether (sulfide) groups is 1. The smallest absolute Gasteiger partial charge is 0.288 e. The number of alkyl halides is 2. The molecule has 11 heteroatoms. The van der Waals surface area contributed by atoms with Gasteiger partial charge in [-0.05, 0) is 61.3 Å². The molecular formula is C28H31F2NO6S2. The predicted octanol–water partition coefficient (Wildman–Crippen LogP) is 4.77. The Labute approximate surface area is 233 Å². The van der Waals surface area contributed by atoms with Crippen LogP contribution in [0.4, 0.5) is 13.6 Å². The van der Waals surface area contributed by atoms with Crippen LogP contribution in [0, 0.1) is 22.7 Å². The monoisotopic (exact) mass is 579 g/mol. The second-order valence-electron chi connectivity index (χ2n) is 12.0. The first-order chi connectivity index (χ1) is 18.3. The molecular weight excluding hydrogens is 548 g/mol. The highest BCUT2D eigenvalue weighted by Gasteiger charge is 2.80. The molecule has 3 saturated carbocycles. The van der Waals surface area contributed by atoms with Gasteiger partial charge in [-0.1, -0.05) is 19.1 Å². The number of aliphatic hydroxyl groups excluding tert-OH is 1. The molecule has 210 valence electrons. The van der Waals surface area contributed by atoms with Gasteiger partial charge in [0.15, 0.2) is 23.3 Å². The number of allylic oxidation sites excluding steroid dienone is 4. The van der Waals surface area contributed by atoms with Crippen molar-refractivity contribution in [3.63, 3.8) is 0 Å². The number of ketones is 1. The third kappa shape index (κ3) is 3.40. The largest absolute Gasteiger partial charge is 0.390 e. The fraction of sp³-hybridized carbons (Fsp3) is 0.607. The van der Waals surface area contributed by atoms with E-state index >= 15 is 8.78 Å². The van der Waals surface area contributed by atoms with Crippen LogP contribution in [0.15, 0.2) is 41.3 Å². The zero-order valence-electron chi connectivity index (χ0n) is 22.1. The third-order valence-electron chi connectivity index (χ3n) is 9.99. The maximum atomic E-state index is 17.5. The average Bonchev–Trinajstić information content (AvgIpc) is 3.58. The predicted molar refractivity (Wildman–Crippen MR) is 141 cm³/mol. The SMILES string of the molecule is CN(C)C(=O)SC(=O)[C@@]12OC(c3cccs3)O[C@@H]1CC1[C@@H]3C[C@H](F)C4=CC(=O)C=C[C@]4(C)[C@@]3(F)[C@@H](O)C[C@@]12C. The van der Waals surface area contributed by atoms with Crippen molar-refractivity contribution in [2.24, 2.45) is 22.7 Å². The molecule has 1 saturated heterocycles. The van der Waals surface area contributed by atoms with Crippen LogP contribution in [-0.4, -0.2) is 69.9 Å². The number of ether oxygens (including phenoxy) is 2. The Kier molecular flexibility index (Phi) is 6.14. The summed E-state index contributed by atoms with van der Waals surface area (Å²) in [6.07, 6.45) is -1.30. The van der Waals surface area contributed by atoms with Crippen LogP contribution in [0.5, 0.6) is 0 Å². The molecule has 1 N–H and O–H groups in total. The van der Waals surface area contributed by atoms with Gasteiger partial charge in [0.1, 0.15) is 6.17 Å². The molecule has 2 heterocycles. The van der Waals surface area contributed by atoms with Gasteiger partial charge >= 0.3 is 0 Å². The molecule has 0 aromatic carbocycles. The number of rotatable bonds is 2. The molecule has 4 aliphatic carbocycles. The van der Waals surface area contributed by atoms with Gasteiger partial charge in [-0.2, -0.15) is 0 Å². The van der Waals surface area contributed by atoms with E-state index in [1.165, 1.54) is 49.4 Å². The van der Waals surface area contributed by atoms with Gasteiger partial charge in [-0.15, -0.1) is 11.3 Å². The van der Waals surface area contributed by atoms with E-state index in [9.17, 15) is 19.5 Å². The summed E-state index contributed by atoms with van der Waals surface area (Å²) >= 11 is 1.92. The van der Waals surface area contributed by atoms with Crippen LogP contribution >= 0.6 is 23.1 Å². The van der Waals surface area contributed by atoms with Gasteiger partial charge in [-0.25, -0.2) is 8.78 Å². The first kappa shape index (κ1) is 27.3. The second-order valence-corrected chi connectivity index (χ2v) is 13.9. The van der Waals surface area contributed by atoms with E-state index in [1.807, 2.05) is 17.5 Å². The van der Waals surface area contributed by atoms with E-state index in [0.29, 0.717) is 11.8 Å². The van der Waals surface area contributed by atoms with Crippen molar-refractivity contribution >= 4 is 39.2 Å². The van der Waals surface area contributed by atoms with E-state index < -0.39 is 74.7 Å². The first-order valence-electron chi connectivity index (χ1n) is 13.1.